The van der Waals surface area contributed by atoms with Crippen molar-refractivity contribution in [1.82, 2.24) is 4.57 Å². The maximum absolute atomic E-state index is 12.0. The van der Waals surface area contributed by atoms with E-state index in [0.29, 0.717) is 25.3 Å². The molecule has 1 aromatic rings. The molecule has 0 aliphatic carbocycles. The molecule has 0 aromatic carbocycles. The van der Waals surface area contributed by atoms with Crippen LogP contribution >= 0.6 is 0 Å². The highest BCUT2D eigenvalue weighted by molar-refractivity contribution is 5.92. The Hall–Kier alpha value is -1.78. The molecule has 0 unspecified atom stereocenters. The van der Waals surface area contributed by atoms with Gasteiger partial charge in [-0.3, -0.25) is 4.79 Å². The van der Waals surface area contributed by atoms with Gasteiger partial charge in [0.25, 0.3) is 5.56 Å². The van der Waals surface area contributed by atoms with Gasteiger partial charge in [0.1, 0.15) is 11.3 Å². The Morgan fingerprint density at radius 3 is 2.89 bits per heavy atom. The Morgan fingerprint density at radius 2 is 2.22 bits per heavy atom. The van der Waals surface area contributed by atoms with Crippen LogP contribution in [0, 0.1) is 0 Å². The molecule has 2 heterocycles. The van der Waals surface area contributed by atoms with Crippen molar-refractivity contribution in [2.75, 3.05) is 6.61 Å². The summed E-state index contributed by atoms with van der Waals surface area (Å²) in [6.45, 7) is 2.72. The number of nitrogens with zero attached hydrogens (tertiary/aromatic N) is 1. The summed E-state index contributed by atoms with van der Waals surface area (Å²) < 4.78 is 6.87. The van der Waals surface area contributed by atoms with E-state index in [9.17, 15) is 14.7 Å². The molecule has 0 amide bonds. The first-order valence-corrected chi connectivity index (χ1v) is 6.28. The molecule has 0 saturated carbocycles. The summed E-state index contributed by atoms with van der Waals surface area (Å²) >= 11 is 0. The van der Waals surface area contributed by atoms with Crippen LogP contribution in [0.25, 0.3) is 0 Å². The van der Waals surface area contributed by atoms with Crippen molar-refractivity contribution in [3.05, 3.63) is 27.7 Å². The second-order valence-corrected chi connectivity index (χ2v) is 4.37. The van der Waals surface area contributed by atoms with Crippen molar-refractivity contribution in [1.29, 1.82) is 0 Å². The summed E-state index contributed by atoms with van der Waals surface area (Å²) in [4.78, 5) is 23.4. The third-order valence-corrected chi connectivity index (χ3v) is 3.19. The average molecular weight is 251 g/mol. The lowest BCUT2D eigenvalue weighted by Crippen LogP contribution is -2.26. The number of carboxylic acids is 1. The highest BCUT2D eigenvalue weighted by Crippen LogP contribution is 2.24. The summed E-state index contributed by atoms with van der Waals surface area (Å²) in [6.07, 6.45) is 3.47. The second kappa shape index (κ2) is 5.25. The second-order valence-electron chi connectivity index (χ2n) is 4.37. The molecule has 1 aliphatic heterocycles. The van der Waals surface area contributed by atoms with Crippen LogP contribution in [0.1, 0.15) is 42.2 Å². The van der Waals surface area contributed by atoms with Crippen molar-refractivity contribution < 1.29 is 14.6 Å². The van der Waals surface area contributed by atoms with Crippen molar-refractivity contribution >= 4 is 5.97 Å². The summed E-state index contributed by atoms with van der Waals surface area (Å²) in [5.74, 6) is -0.827. The van der Waals surface area contributed by atoms with Crippen LogP contribution < -0.4 is 10.3 Å². The Labute approximate surface area is 105 Å². The number of aromatic carboxylic acids is 1. The molecule has 98 valence electrons. The van der Waals surface area contributed by atoms with Crippen LogP contribution in [-0.4, -0.2) is 22.2 Å². The molecule has 0 radical (unpaired) electrons. The fourth-order valence-corrected chi connectivity index (χ4v) is 2.41. The van der Waals surface area contributed by atoms with Gasteiger partial charge in [-0.1, -0.05) is 6.42 Å². The van der Waals surface area contributed by atoms with Gasteiger partial charge in [0.2, 0.25) is 0 Å². The lowest BCUT2D eigenvalue weighted by atomic mass is 10.1. The topological polar surface area (TPSA) is 68.5 Å². The molecular weight excluding hydrogens is 234 g/mol. The number of ether oxygens (including phenoxy) is 1. The minimum atomic E-state index is -1.02. The van der Waals surface area contributed by atoms with Crippen LogP contribution in [0.4, 0.5) is 0 Å². The summed E-state index contributed by atoms with van der Waals surface area (Å²) in [5, 5.41) is 9.34. The molecule has 0 saturated heterocycles. The molecule has 18 heavy (non-hydrogen) atoms. The number of pyridine rings is 1. The van der Waals surface area contributed by atoms with Gasteiger partial charge < -0.3 is 14.4 Å². The Bertz CT molecular complexity index is 518. The van der Waals surface area contributed by atoms with E-state index < -0.39 is 5.97 Å². The number of fused-ring (bicyclic) bond motifs is 1. The van der Waals surface area contributed by atoms with Gasteiger partial charge in [0, 0.05) is 18.3 Å². The van der Waals surface area contributed by atoms with Crippen molar-refractivity contribution in [3.8, 4) is 5.75 Å². The first kappa shape index (κ1) is 12.7. The molecule has 5 nitrogen and oxygen atoms in total. The van der Waals surface area contributed by atoms with Crippen LogP contribution in [0.3, 0.4) is 0 Å². The van der Waals surface area contributed by atoms with Crippen molar-refractivity contribution in [3.63, 3.8) is 0 Å². The predicted octanol–water partition coefficient (Wildman–Crippen LogP) is 1.67. The van der Waals surface area contributed by atoms with E-state index in [0.717, 1.165) is 19.3 Å². The van der Waals surface area contributed by atoms with Gasteiger partial charge >= 0.3 is 5.97 Å². The minimum absolute atomic E-state index is 0.151. The van der Waals surface area contributed by atoms with Gasteiger partial charge in [0.05, 0.1) is 6.61 Å². The number of carbonyl (C=O) groups is 1. The predicted molar refractivity (Wildman–Crippen MR) is 66.4 cm³/mol. The zero-order valence-corrected chi connectivity index (χ0v) is 10.4. The third-order valence-electron chi connectivity index (χ3n) is 3.19. The third kappa shape index (κ3) is 2.25. The van der Waals surface area contributed by atoms with Crippen molar-refractivity contribution in [2.45, 2.75) is 39.2 Å². The number of hydrogen-bond donors (Lipinski definition) is 1. The van der Waals surface area contributed by atoms with E-state index in [1.165, 1.54) is 6.07 Å². The molecule has 1 N–H and O–H groups in total. The molecule has 0 bridgehead atoms. The van der Waals surface area contributed by atoms with Gasteiger partial charge in [-0.2, -0.15) is 0 Å². The van der Waals surface area contributed by atoms with Crippen LogP contribution in [0.2, 0.25) is 0 Å². The number of hydrogen-bond acceptors (Lipinski definition) is 3. The lowest BCUT2D eigenvalue weighted by molar-refractivity contribution is 0.0689. The maximum atomic E-state index is 12.0. The van der Waals surface area contributed by atoms with E-state index in [-0.39, 0.29) is 16.9 Å². The minimum Gasteiger partial charge on any atom is -0.493 e. The number of carboxylic acid groups (broad SMARTS) is 1. The highest BCUT2D eigenvalue weighted by atomic mass is 16.5. The maximum Gasteiger partial charge on any atom is 0.341 e. The van der Waals surface area contributed by atoms with Gasteiger partial charge in [-0.05, 0) is 26.2 Å². The van der Waals surface area contributed by atoms with Crippen LogP contribution in [-0.2, 0) is 13.0 Å². The Balaban J connectivity index is 2.65. The molecule has 0 spiro atoms. The first-order chi connectivity index (χ1) is 8.65. The molecule has 5 heteroatoms. The largest absolute Gasteiger partial charge is 0.493 e. The van der Waals surface area contributed by atoms with E-state index in [2.05, 4.69) is 0 Å². The monoisotopic (exact) mass is 251 g/mol. The van der Waals surface area contributed by atoms with E-state index in [4.69, 9.17) is 4.74 Å². The average Bonchev–Trinajstić information content (AvgIpc) is 2.55. The van der Waals surface area contributed by atoms with Crippen molar-refractivity contribution in [2.24, 2.45) is 0 Å². The SMILES string of the molecule is CCOc1cc(=O)n2c(c1C(=O)O)CCCCC2. The normalized spacial score (nSPS) is 14.7. The summed E-state index contributed by atoms with van der Waals surface area (Å²) in [5.41, 5.74) is 0.592. The highest BCUT2D eigenvalue weighted by Gasteiger charge is 2.22. The van der Waals surface area contributed by atoms with Crippen LogP contribution in [0.5, 0.6) is 5.75 Å². The fourth-order valence-electron chi connectivity index (χ4n) is 2.41. The summed E-state index contributed by atoms with van der Waals surface area (Å²) in [7, 11) is 0. The quantitative estimate of drug-likeness (QED) is 0.887. The number of rotatable bonds is 3. The fraction of sp³-hybridized carbons (Fsp3) is 0.538. The molecule has 1 aromatic heterocycles. The van der Waals surface area contributed by atoms with E-state index in [1.54, 1.807) is 11.5 Å². The molecular formula is C13H17NO4. The van der Waals surface area contributed by atoms with Crippen LogP contribution in [0.15, 0.2) is 10.9 Å². The summed E-state index contributed by atoms with van der Waals surface area (Å²) in [6, 6.07) is 1.29. The number of aromatic nitrogens is 1. The Morgan fingerprint density at radius 1 is 1.44 bits per heavy atom. The molecule has 1 aliphatic rings. The smallest absolute Gasteiger partial charge is 0.341 e. The zero-order valence-electron chi connectivity index (χ0n) is 10.4. The van der Waals surface area contributed by atoms with Gasteiger partial charge in [-0.25, -0.2) is 4.79 Å². The van der Waals surface area contributed by atoms with Gasteiger partial charge in [0.15, 0.2) is 0 Å². The lowest BCUT2D eigenvalue weighted by Gasteiger charge is -2.15. The molecule has 0 fully saturated rings. The van der Waals surface area contributed by atoms with E-state index >= 15 is 0 Å². The zero-order chi connectivity index (χ0) is 13.1. The van der Waals surface area contributed by atoms with Gasteiger partial charge in [-0.15, -0.1) is 0 Å². The Kier molecular flexibility index (Phi) is 3.69. The molecule has 2 rings (SSSR count). The molecule has 0 atom stereocenters. The standard InChI is InChI=1S/C13H17NO4/c1-2-18-10-8-11(15)14-7-5-3-4-6-9(14)12(10)13(16)17/h8H,2-7H2,1H3,(H,16,17). The first-order valence-electron chi connectivity index (χ1n) is 6.28. The van der Waals surface area contributed by atoms with E-state index in [1.807, 2.05) is 0 Å².